The summed E-state index contributed by atoms with van der Waals surface area (Å²) >= 11 is 0. The van der Waals surface area contributed by atoms with Crippen molar-refractivity contribution in [3.8, 4) is 11.5 Å². The Morgan fingerprint density at radius 3 is 1.58 bits per heavy atom. The second-order valence-electron chi connectivity index (χ2n) is 12.4. The first-order chi connectivity index (χ1) is 26.3. The molecule has 7 N–H and O–H groups in total. The molecule has 0 aromatic heterocycles. The molecule has 0 atom stereocenters. The van der Waals surface area contributed by atoms with Crippen molar-refractivity contribution >= 4 is 84.1 Å². The molecule has 0 aliphatic rings. The number of ketones is 1. The summed E-state index contributed by atoms with van der Waals surface area (Å²) in [6, 6.07) is 23.8. The predicted molar refractivity (Wildman–Crippen MR) is 202 cm³/mol. The van der Waals surface area contributed by atoms with Crippen LogP contribution in [0.25, 0.3) is 43.1 Å². The van der Waals surface area contributed by atoms with Crippen molar-refractivity contribution in [1.29, 1.82) is 0 Å². The molecule has 0 aliphatic heterocycles. The van der Waals surface area contributed by atoms with E-state index in [1.807, 2.05) is 0 Å². The molecular formula is C42H25NO12. The maximum Gasteiger partial charge on any atom is 0.336 e. The minimum atomic E-state index is -1.62. The van der Waals surface area contributed by atoms with Gasteiger partial charge in [0.2, 0.25) is 0 Å². The van der Waals surface area contributed by atoms with Gasteiger partial charge in [0.1, 0.15) is 11.5 Å². The number of carbonyl (C=O) groups excluding carboxylic acids is 1. The third-order valence-corrected chi connectivity index (χ3v) is 9.27. The minimum Gasteiger partial charge on any atom is -0.507 e. The van der Waals surface area contributed by atoms with Gasteiger partial charge in [-0.05, 0) is 70.8 Å². The molecule has 0 heterocycles. The smallest absolute Gasteiger partial charge is 0.336 e. The Labute approximate surface area is 307 Å². The summed E-state index contributed by atoms with van der Waals surface area (Å²) in [6.45, 7) is 0. The molecule has 0 fully saturated rings. The van der Waals surface area contributed by atoms with Crippen LogP contribution in [-0.2, 0) is 0 Å². The molecule has 270 valence electrons. The highest BCUT2D eigenvalue weighted by atomic mass is 16.4. The van der Waals surface area contributed by atoms with Crippen LogP contribution < -0.4 is 10.7 Å². The number of nitrogens with one attached hydrogen (secondary N) is 1. The van der Waals surface area contributed by atoms with Crippen LogP contribution in [0.15, 0.2) is 114 Å². The zero-order chi connectivity index (χ0) is 39.3. The Morgan fingerprint density at radius 2 is 0.982 bits per heavy atom. The summed E-state index contributed by atoms with van der Waals surface area (Å²) in [4.78, 5) is 79.2. The zero-order valence-corrected chi connectivity index (χ0v) is 28.0. The van der Waals surface area contributed by atoms with Gasteiger partial charge in [-0.3, -0.25) is 9.59 Å². The van der Waals surface area contributed by atoms with Gasteiger partial charge >= 0.3 is 23.9 Å². The molecule has 0 spiro atoms. The molecule has 13 heteroatoms. The number of phenolic OH excluding ortho intramolecular Hbond substituents is 2. The quantitative estimate of drug-likeness (QED) is 0.0754. The topological polar surface area (TPSA) is 236 Å². The second-order valence-corrected chi connectivity index (χ2v) is 12.4. The van der Waals surface area contributed by atoms with Gasteiger partial charge in [0, 0.05) is 27.1 Å². The van der Waals surface area contributed by atoms with Gasteiger partial charge < -0.3 is 36.0 Å². The van der Waals surface area contributed by atoms with Gasteiger partial charge in [-0.1, -0.05) is 54.6 Å². The van der Waals surface area contributed by atoms with Gasteiger partial charge in [0.25, 0.3) is 0 Å². The maximum atomic E-state index is 14.9. The number of hydrogen-bond acceptors (Lipinski definition) is 9. The van der Waals surface area contributed by atoms with Crippen molar-refractivity contribution in [3.63, 3.8) is 0 Å². The number of carboxylic acids is 4. The van der Waals surface area contributed by atoms with E-state index in [1.165, 1.54) is 72.8 Å². The molecule has 0 aliphatic carbocycles. The standard InChI is InChI=1S/C42H25NO12/c44-32-17-19-8-11-22(32)21-10-13-27(40(50)51)30(16-21)38(47)35-29(42(54)55)15-14-24(23-12-9-20(19)18-33(23)45)36(35)43-31-7-3-6-28(41(52)53)34(31)37(46)25-4-1-2-5-26(25)39(48)49/h1-18,43-45H,(H,48,49)(H,50,51)(H,52,53)(H,54,55). The number of benzene rings is 6. The van der Waals surface area contributed by atoms with E-state index in [-0.39, 0.29) is 50.0 Å². The Balaban J connectivity index is 1.71. The van der Waals surface area contributed by atoms with Gasteiger partial charge in [-0.25, -0.2) is 19.2 Å². The number of phenols is 2. The Hall–Kier alpha value is -8.06. The van der Waals surface area contributed by atoms with Gasteiger partial charge in [-0.2, -0.15) is 0 Å². The van der Waals surface area contributed by atoms with Crippen molar-refractivity contribution in [1.82, 2.24) is 0 Å². The number of carbonyl (C=O) groups is 5. The normalized spacial score (nSPS) is 11.1. The highest BCUT2D eigenvalue weighted by Gasteiger charge is 2.27. The summed E-state index contributed by atoms with van der Waals surface area (Å²) in [6.07, 6.45) is 0. The Morgan fingerprint density at radius 1 is 0.455 bits per heavy atom. The number of hydrogen-bond donors (Lipinski definition) is 7. The molecule has 55 heavy (non-hydrogen) atoms. The molecular weight excluding hydrogens is 710 g/mol. The molecule has 0 radical (unpaired) electrons. The van der Waals surface area contributed by atoms with Crippen molar-refractivity contribution in [2.45, 2.75) is 0 Å². The molecule has 9 rings (SSSR count). The first-order valence-corrected chi connectivity index (χ1v) is 16.3. The van der Waals surface area contributed by atoms with Crippen LogP contribution in [0.3, 0.4) is 0 Å². The maximum absolute atomic E-state index is 14.9. The lowest BCUT2D eigenvalue weighted by Gasteiger charge is -2.18. The molecule has 13 nitrogen and oxygen atoms in total. The number of rotatable bonds is 8. The highest BCUT2D eigenvalue weighted by Crippen LogP contribution is 2.38. The van der Waals surface area contributed by atoms with Gasteiger partial charge in [-0.15, -0.1) is 0 Å². The van der Waals surface area contributed by atoms with E-state index in [9.17, 15) is 59.4 Å². The summed E-state index contributed by atoms with van der Waals surface area (Å²) in [5.41, 5.74) is -4.90. The van der Waals surface area contributed by atoms with Crippen LogP contribution in [0.1, 0.15) is 57.4 Å². The predicted octanol–water partition coefficient (Wildman–Crippen LogP) is 7.40. The SMILES string of the molecule is O=C(O)c1ccccc1C(=O)c1c(Nc2c3c(C(=O)O)ccc2c2ccc(cc2O)c2ccc(c(O)c2)c2ccc(C(=O)O)c(c2)c3=O)cccc1C(=O)O. The van der Waals surface area contributed by atoms with Crippen LogP contribution in [-0.4, -0.2) is 60.3 Å². The highest BCUT2D eigenvalue weighted by molar-refractivity contribution is 6.22. The fraction of sp³-hybridized carbons (Fsp3) is 0. The number of anilines is 2. The van der Waals surface area contributed by atoms with E-state index in [0.29, 0.717) is 10.8 Å². The van der Waals surface area contributed by atoms with E-state index in [0.717, 1.165) is 24.3 Å². The number of aromatic hydroxyl groups is 2. The van der Waals surface area contributed by atoms with Crippen LogP contribution in [0, 0.1) is 0 Å². The third-order valence-electron chi connectivity index (χ3n) is 9.27. The van der Waals surface area contributed by atoms with Gasteiger partial charge in [0.15, 0.2) is 11.2 Å². The number of carboxylic acid groups (broad SMARTS) is 4. The summed E-state index contributed by atoms with van der Waals surface area (Å²) in [5.74, 6) is -7.88. The average molecular weight is 736 g/mol. The van der Waals surface area contributed by atoms with E-state index in [1.54, 1.807) is 12.1 Å². The van der Waals surface area contributed by atoms with Gasteiger partial charge in [0.05, 0.1) is 44.6 Å². The third kappa shape index (κ3) is 6.06. The Bertz CT molecular complexity index is 2990. The van der Waals surface area contributed by atoms with E-state index < -0.39 is 73.7 Å². The summed E-state index contributed by atoms with van der Waals surface area (Å²) in [5, 5.41) is 66.3. The van der Waals surface area contributed by atoms with Crippen LogP contribution in [0.4, 0.5) is 11.4 Å². The molecule has 0 saturated carbocycles. The number of aromatic carboxylic acids is 4. The van der Waals surface area contributed by atoms with E-state index in [2.05, 4.69) is 5.32 Å². The monoisotopic (exact) mass is 735 g/mol. The molecule has 0 saturated heterocycles. The first-order valence-electron chi connectivity index (χ1n) is 16.3. The van der Waals surface area contributed by atoms with E-state index >= 15 is 0 Å². The summed E-state index contributed by atoms with van der Waals surface area (Å²) in [7, 11) is 0. The average Bonchev–Trinajstić information content (AvgIpc) is 3.16. The second kappa shape index (κ2) is 13.5. The summed E-state index contributed by atoms with van der Waals surface area (Å²) < 4.78 is 0. The van der Waals surface area contributed by atoms with Crippen molar-refractivity contribution in [3.05, 3.63) is 153 Å². The molecule has 9 aromatic carbocycles. The lowest BCUT2D eigenvalue weighted by atomic mass is 9.93. The fourth-order valence-electron chi connectivity index (χ4n) is 6.70. The molecule has 0 unspecified atom stereocenters. The Kier molecular flexibility index (Phi) is 8.67. The minimum absolute atomic E-state index is 0.0250. The van der Waals surface area contributed by atoms with Crippen LogP contribution >= 0.6 is 0 Å². The van der Waals surface area contributed by atoms with Crippen molar-refractivity contribution in [2.24, 2.45) is 0 Å². The largest absolute Gasteiger partial charge is 0.507 e. The first kappa shape index (κ1) is 35.3. The van der Waals surface area contributed by atoms with Crippen LogP contribution in [0.5, 0.6) is 11.5 Å². The van der Waals surface area contributed by atoms with E-state index in [4.69, 9.17) is 0 Å². The molecule has 0 amide bonds. The van der Waals surface area contributed by atoms with Crippen LogP contribution in [0.2, 0.25) is 0 Å². The van der Waals surface area contributed by atoms with Crippen molar-refractivity contribution in [2.75, 3.05) is 5.32 Å². The number of fused-ring (bicyclic) bond motifs is 2. The lowest BCUT2D eigenvalue weighted by molar-refractivity contribution is 0.0683. The zero-order valence-electron chi connectivity index (χ0n) is 28.0. The molecule has 9 aromatic rings. The molecule has 8 bridgehead atoms. The lowest BCUT2D eigenvalue weighted by Crippen LogP contribution is -2.16. The fourth-order valence-corrected chi connectivity index (χ4v) is 6.70. The van der Waals surface area contributed by atoms with Crippen molar-refractivity contribution < 1.29 is 54.6 Å².